The van der Waals surface area contributed by atoms with E-state index in [0.29, 0.717) is 11.0 Å². The van der Waals surface area contributed by atoms with E-state index in [-0.39, 0.29) is 36.6 Å². The van der Waals surface area contributed by atoms with E-state index in [1.165, 1.54) is 0 Å². The van der Waals surface area contributed by atoms with Crippen LogP contribution in [-0.4, -0.2) is 34.5 Å². The summed E-state index contributed by atoms with van der Waals surface area (Å²) in [6, 6.07) is 6.72. The fourth-order valence-electron chi connectivity index (χ4n) is 3.71. The van der Waals surface area contributed by atoms with Gasteiger partial charge in [0.15, 0.2) is 0 Å². The van der Waals surface area contributed by atoms with Crippen LogP contribution in [0.2, 0.25) is 0 Å². The summed E-state index contributed by atoms with van der Waals surface area (Å²) in [6.07, 6.45) is 4.99. The van der Waals surface area contributed by atoms with Crippen LogP contribution < -0.4 is 10.6 Å². The van der Waals surface area contributed by atoms with Crippen molar-refractivity contribution in [2.24, 2.45) is 5.92 Å². The predicted octanol–water partition coefficient (Wildman–Crippen LogP) is 3.35. The van der Waals surface area contributed by atoms with Crippen LogP contribution in [-0.2, 0) is 9.59 Å². The number of imidazole rings is 1. The average Bonchev–Trinajstić information content (AvgIpc) is 3.10. The molecule has 2 N–H and O–H groups in total. The molecular weight excluding hydrogens is 366 g/mol. The summed E-state index contributed by atoms with van der Waals surface area (Å²) >= 11 is 0. The van der Waals surface area contributed by atoms with E-state index in [1.54, 1.807) is 31.2 Å². The van der Waals surface area contributed by atoms with Crippen LogP contribution in [0.4, 0.5) is 8.78 Å². The van der Waals surface area contributed by atoms with E-state index in [4.69, 9.17) is 0 Å². The lowest BCUT2D eigenvalue weighted by atomic mass is 9.89. The molecule has 1 heterocycles. The van der Waals surface area contributed by atoms with Crippen LogP contribution in [0.5, 0.6) is 0 Å². The molecule has 6 nitrogen and oxygen atoms in total. The molecule has 8 heteroatoms. The molecule has 1 fully saturated rings. The Morgan fingerprint density at radius 2 is 1.89 bits per heavy atom. The highest BCUT2D eigenvalue weighted by Gasteiger charge is 2.23. The minimum Gasteiger partial charge on any atom is -0.354 e. The number of carbonyl (C=O) groups excluding carboxylic acids is 2. The van der Waals surface area contributed by atoms with Gasteiger partial charge in [0.25, 0.3) is 0 Å². The summed E-state index contributed by atoms with van der Waals surface area (Å²) in [6.45, 7) is -0.919. The minimum atomic E-state index is -2.71. The Balaban J connectivity index is 1.54. The molecule has 152 valence electrons. The van der Waals surface area contributed by atoms with Crippen molar-refractivity contribution in [1.82, 2.24) is 20.2 Å². The van der Waals surface area contributed by atoms with Gasteiger partial charge in [0.1, 0.15) is 5.82 Å². The molecule has 1 aromatic carbocycles. The number of hydrogen-bond donors (Lipinski definition) is 2. The number of alkyl halides is 2. The molecule has 2 aromatic rings. The summed E-state index contributed by atoms with van der Waals surface area (Å²) in [5.74, 6) is -0.605. The second-order valence-corrected chi connectivity index (χ2v) is 7.36. The first-order valence-corrected chi connectivity index (χ1v) is 9.76. The Labute approximate surface area is 162 Å². The topological polar surface area (TPSA) is 76.0 Å². The van der Waals surface area contributed by atoms with Crippen molar-refractivity contribution in [3.8, 4) is 0 Å². The van der Waals surface area contributed by atoms with Crippen LogP contribution in [0.15, 0.2) is 24.3 Å². The fourth-order valence-corrected chi connectivity index (χ4v) is 3.71. The number of amides is 2. The molecule has 28 heavy (non-hydrogen) atoms. The molecule has 0 aliphatic heterocycles. The molecule has 0 spiro atoms. The number of fused-ring (bicyclic) bond motifs is 1. The molecular formula is C20H26F2N4O2. The molecule has 0 radical (unpaired) electrons. The zero-order chi connectivity index (χ0) is 20.1. The smallest absolute Gasteiger partial charge is 0.320 e. The highest BCUT2D eigenvalue weighted by molar-refractivity contribution is 5.85. The largest absolute Gasteiger partial charge is 0.354 e. The third-order valence-corrected chi connectivity index (χ3v) is 5.26. The normalized spacial score (nSPS) is 16.3. The number of nitrogens with one attached hydrogen (secondary N) is 2. The lowest BCUT2D eigenvalue weighted by molar-refractivity contribution is -0.129. The Hall–Kier alpha value is -2.51. The van der Waals surface area contributed by atoms with Gasteiger partial charge in [-0.2, -0.15) is 8.78 Å². The SMILES string of the molecule is CC(CNC(=O)CNC(=O)C1CCCCC1)c1nc2ccccc2n1C(F)F. The van der Waals surface area contributed by atoms with E-state index in [9.17, 15) is 18.4 Å². The quantitative estimate of drug-likeness (QED) is 0.759. The average molecular weight is 392 g/mol. The highest BCUT2D eigenvalue weighted by Crippen LogP contribution is 2.27. The zero-order valence-corrected chi connectivity index (χ0v) is 16.0. The van der Waals surface area contributed by atoms with Crippen molar-refractivity contribution in [1.29, 1.82) is 0 Å². The van der Waals surface area contributed by atoms with Crippen molar-refractivity contribution < 1.29 is 18.4 Å². The van der Waals surface area contributed by atoms with Crippen LogP contribution >= 0.6 is 0 Å². The summed E-state index contributed by atoms with van der Waals surface area (Å²) in [5, 5.41) is 5.37. The first kappa shape index (κ1) is 20.2. The standard InChI is InChI=1S/C20H26F2N4O2/c1-13(18-25-15-9-5-6-10-16(15)26(18)20(21)22)11-23-17(27)12-24-19(28)14-7-3-2-4-8-14/h5-6,9-10,13-14,20H,2-4,7-8,11-12H2,1H3,(H,23,27)(H,24,28). The van der Waals surface area contributed by atoms with Crippen LogP contribution in [0.25, 0.3) is 11.0 Å². The lowest BCUT2D eigenvalue weighted by Gasteiger charge is -2.20. The van der Waals surface area contributed by atoms with E-state index in [0.717, 1.165) is 36.7 Å². The molecule has 1 aromatic heterocycles. The number of benzene rings is 1. The number of rotatable bonds is 7. The number of hydrogen-bond acceptors (Lipinski definition) is 3. The van der Waals surface area contributed by atoms with Gasteiger partial charge in [0.05, 0.1) is 17.6 Å². The van der Waals surface area contributed by atoms with Crippen molar-refractivity contribution in [2.45, 2.75) is 51.5 Å². The first-order valence-electron chi connectivity index (χ1n) is 9.76. The van der Waals surface area contributed by atoms with Gasteiger partial charge < -0.3 is 10.6 Å². The molecule has 0 bridgehead atoms. The van der Waals surface area contributed by atoms with Gasteiger partial charge >= 0.3 is 6.55 Å². The van der Waals surface area contributed by atoms with Gasteiger partial charge in [-0.15, -0.1) is 0 Å². The second-order valence-electron chi connectivity index (χ2n) is 7.36. The zero-order valence-electron chi connectivity index (χ0n) is 16.0. The van der Waals surface area contributed by atoms with Gasteiger partial charge in [0.2, 0.25) is 11.8 Å². The van der Waals surface area contributed by atoms with Gasteiger partial charge in [-0.1, -0.05) is 38.3 Å². The molecule has 1 aliphatic rings. The maximum atomic E-state index is 13.5. The molecule has 2 amide bonds. The van der Waals surface area contributed by atoms with Gasteiger partial charge in [-0.25, -0.2) is 4.98 Å². The lowest BCUT2D eigenvalue weighted by Crippen LogP contribution is -2.41. The van der Waals surface area contributed by atoms with Gasteiger partial charge in [0, 0.05) is 18.4 Å². The molecule has 1 aliphatic carbocycles. The molecule has 3 rings (SSSR count). The van der Waals surface area contributed by atoms with Gasteiger partial charge in [-0.05, 0) is 25.0 Å². The Morgan fingerprint density at radius 1 is 1.18 bits per heavy atom. The highest BCUT2D eigenvalue weighted by atomic mass is 19.3. The van der Waals surface area contributed by atoms with Crippen LogP contribution in [0, 0.1) is 5.92 Å². The maximum absolute atomic E-state index is 13.5. The summed E-state index contributed by atoms with van der Waals surface area (Å²) < 4.78 is 27.9. The van der Waals surface area contributed by atoms with E-state index in [1.807, 2.05) is 0 Å². The molecule has 1 unspecified atom stereocenters. The summed E-state index contributed by atoms with van der Waals surface area (Å²) in [7, 11) is 0. The van der Waals surface area contributed by atoms with Crippen molar-refractivity contribution in [3.05, 3.63) is 30.1 Å². The van der Waals surface area contributed by atoms with E-state index in [2.05, 4.69) is 15.6 Å². The maximum Gasteiger partial charge on any atom is 0.320 e. The molecule has 1 atom stereocenters. The van der Waals surface area contributed by atoms with E-state index >= 15 is 0 Å². The fraction of sp³-hybridized carbons (Fsp3) is 0.550. The van der Waals surface area contributed by atoms with Gasteiger partial charge in [-0.3, -0.25) is 14.2 Å². The Bertz CT molecular complexity index is 831. The summed E-state index contributed by atoms with van der Waals surface area (Å²) in [5.41, 5.74) is 0.862. The van der Waals surface area contributed by atoms with Crippen LogP contribution in [0.3, 0.4) is 0 Å². The van der Waals surface area contributed by atoms with Crippen molar-refractivity contribution >= 4 is 22.8 Å². The van der Waals surface area contributed by atoms with Crippen molar-refractivity contribution in [2.75, 3.05) is 13.1 Å². The number of carbonyl (C=O) groups is 2. The monoisotopic (exact) mass is 392 g/mol. The number of aromatic nitrogens is 2. The van der Waals surface area contributed by atoms with Crippen molar-refractivity contribution in [3.63, 3.8) is 0 Å². The third kappa shape index (κ3) is 4.66. The second kappa shape index (κ2) is 9.12. The molecule has 0 saturated heterocycles. The number of nitrogens with zero attached hydrogens (tertiary/aromatic N) is 2. The number of halogens is 2. The van der Waals surface area contributed by atoms with Crippen LogP contribution in [0.1, 0.15) is 57.3 Å². The summed E-state index contributed by atoms with van der Waals surface area (Å²) in [4.78, 5) is 28.5. The predicted molar refractivity (Wildman–Crippen MR) is 102 cm³/mol. The molecule has 1 saturated carbocycles. The Morgan fingerprint density at radius 3 is 2.61 bits per heavy atom. The number of para-hydroxylation sites is 2. The minimum absolute atomic E-state index is 0.00794. The first-order chi connectivity index (χ1) is 13.5. The van der Waals surface area contributed by atoms with E-state index < -0.39 is 12.5 Å². The third-order valence-electron chi connectivity index (χ3n) is 5.26. The Kier molecular flexibility index (Phi) is 6.59.